The van der Waals surface area contributed by atoms with Gasteiger partial charge in [-0.1, -0.05) is 6.07 Å². The summed E-state index contributed by atoms with van der Waals surface area (Å²) in [5, 5.41) is 2.47. The van der Waals surface area contributed by atoms with Gasteiger partial charge in [0.15, 0.2) is 0 Å². The van der Waals surface area contributed by atoms with Crippen LogP contribution in [0.25, 0.3) is 21.7 Å². The van der Waals surface area contributed by atoms with Crippen molar-refractivity contribution in [3.8, 4) is 0 Å². The van der Waals surface area contributed by atoms with Crippen LogP contribution in [0.15, 0.2) is 41.5 Å². The summed E-state index contributed by atoms with van der Waals surface area (Å²) in [7, 11) is 0. The number of nitrogens with one attached hydrogen (secondary N) is 1. The van der Waals surface area contributed by atoms with Crippen molar-refractivity contribution in [1.82, 2.24) is 9.97 Å². The Morgan fingerprint density at radius 3 is 2.88 bits per heavy atom. The normalized spacial score (nSPS) is 11.0. The highest BCUT2D eigenvalue weighted by molar-refractivity contribution is 6.05. The minimum absolute atomic E-state index is 0.138. The molecule has 0 spiro atoms. The van der Waals surface area contributed by atoms with Gasteiger partial charge in [-0.2, -0.15) is 0 Å². The molecule has 16 heavy (non-hydrogen) atoms. The molecule has 0 saturated heterocycles. The molecule has 0 radical (unpaired) electrons. The molecule has 0 aliphatic heterocycles. The van der Waals surface area contributed by atoms with E-state index in [-0.39, 0.29) is 5.56 Å². The van der Waals surface area contributed by atoms with Gasteiger partial charge in [-0.3, -0.25) is 9.78 Å². The van der Waals surface area contributed by atoms with E-state index in [4.69, 9.17) is 5.73 Å². The van der Waals surface area contributed by atoms with Gasteiger partial charge in [0.25, 0.3) is 5.56 Å². The van der Waals surface area contributed by atoms with E-state index in [1.807, 2.05) is 18.2 Å². The zero-order valence-corrected chi connectivity index (χ0v) is 8.40. The number of anilines is 1. The number of hydrogen-bond donors (Lipinski definition) is 2. The molecule has 0 amide bonds. The molecule has 3 rings (SSSR count). The molecule has 4 heteroatoms. The number of nitrogens with two attached hydrogens (primary N) is 1. The van der Waals surface area contributed by atoms with Gasteiger partial charge in [0.1, 0.15) is 0 Å². The van der Waals surface area contributed by atoms with Crippen molar-refractivity contribution < 1.29 is 0 Å². The predicted octanol–water partition coefficient (Wildman–Crippen LogP) is 1.66. The second-order valence-electron chi connectivity index (χ2n) is 3.68. The van der Waals surface area contributed by atoms with Gasteiger partial charge in [0, 0.05) is 23.5 Å². The van der Waals surface area contributed by atoms with Crippen LogP contribution >= 0.6 is 0 Å². The fourth-order valence-electron chi connectivity index (χ4n) is 1.90. The zero-order chi connectivity index (χ0) is 11.1. The third-order valence-corrected chi connectivity index (χ3v) is 2.65. The number of pyridine rings is 2. The number of rotatable bonds is 0. The minimum Gasteiger partial charge on any atom is -0.399 e. The highest BCUT2D eigenvalue weighted by Crippen LogP contribution is 2.21. The predicted molar refractivity (Wildman–Crippen MR) is 64.3 cm³/mol. The Labute approximate surface area is 90.7 Å². The molecule has 1 aromatic carbocycles. The first kappa shape index (κ1) is 8.91. The average Bonchev–Trinajstić information content (AvgIpc) is 2.29. The van der Waals surface area contributed by atoms with Crippen LogP contribution < -0.4 is 11.3 Å². The third kappa shape index (κ3) is 1.16. The molecule has 0 atom stereocenters. The van der Waals surface area contributed by atoms with Crippen molar-refractivity contribution in [2.75, 3.05) is 5.73 Å². The Morgan fingerprint density at radius 2 is 2.00 bits per heavy atom. The summed E-state index contributed by atoms with van der Waals surface area (Å²) < 4.78 is 0. The molecule has 0 saturated carbocycles. The molecule has 3 N–H and O–H groups in total. The van der Waals surface area contributed by atoms with E-state index < -0.39 is 0 Å². The first-order valence-corrected chi connectivity index (χ1v) is 4.91. The molecule has 3 aromatic rings. The lowest BCUT2D eigenvalue weighted by molar-refractivity contribution is 1.30. The molecule has 0 aliphatic rings. The highest BCUT2D eigenvalue weighted by Gasteiger charge is 2.04. The Balaban J connectivity index is 2.64. The van der Waals surface area contributed by atoms with Crippen LogP contribution in [0, 0.1) is 0 Å². The van der Waals surface area contributed by atoms with Crippen molar-refractivity contribution in [1.29, 1.82) is 0 Å². The molecule has 2 heterocycles. The standard InChI is InChI=1S/C12H9N3O/c13-7-1-2-9-8-3-4-14-6-10(8)12(16)15-11(9)5-7/h1-6H,13H2,(H,15,16). The Kier molecular flexibility index (Phi) is 1.71. The summed E-state index contributed by atoms with van der Waals surface area (Å²) in [6.07, 6.45) is 3.25. The maximum absolute atomic E-state index is 11.8. The number of benzene rings is 1. The first-order valence-electron chi connectivity index (χ1n) is 4.91. The molecule has 78 valence electrons. The number of nitrogens with zero attached hydrogens (tertiary/aromatic N) is 1. The van der Waals surface area contributed by atoms with Crippen LogP contribution in [0.2, 0.25) is 0 Å². The molecule has 4 nitrogen and oxygen atoms in total. The van der Waals surface area contributed by atoms with Gasteiger partial charge in [0.05, 0.1) is 10.9 Å². The summed E-state index contributed by atoms with van der Waals surface area (Å²) in [6, 6.07) is 7.32. The largest absolute Gasteiger partial charge is 0.399 e. The highest BCUT2D eigenvalue weighted by atomic mass is 16.1. The van der Waals surface area contributed by atoms with Gasteiger partial charge in [-0.15, -0.1) is 0 Å². The second kappa shape index (κ2) is 3.06. The Bertz CT molecular complexity index is 746. The maximum Gasteiger partial charge on any atom is 0.257 e. The van der Waals surface area contributed by atoms with E-state index in [0.29, 0.717) is 11.1 Å². The van der Waals surface area contributed by atoms with Crippen LogP contribution in [0.5, 0.6) is 0 Å². The van der Waals surface area contributed by atoms with E-state index >= 15 is 0 Å². The summed E-state index contributed by atoms with van der Waals surface area (Å²) in [5.74, 6) is 0. The van der Waals surface area contributed by atoms with E-state index in [2.05, 4.69) is 9.97 Å². The van der Waals surface area contributed by atoms with Crippen molar-refractivity contribution in [2.45, 2.75) is 0 Å². The number of H-pyrrole nitrogens is 1. The number of fused-ring (bicyclic) bond motifs is 3. The molecule has 0 bridgehead atoms. The second-order valence-corrected chi connectivity index (χ2v) is 3.68. The number of aromatic nitrogens is 2. The molecule has 0 unspecified atom stereocenters. The smallest absolute Gasteiger partial charge is 0.257 e. The Hall–Kier alpha value is -2.36. The van der Waals surface area contributed by atoms with Crippen LogP contribution in [0.4, 0.5) is 5.69 Å². The molecule has 0 fully saturated rings. The maximum atomic E-state index is 11.8. The van der Waals surface area contributed by atoms with E-state index in [0.717, 1.165) is 16.3 Å². The topological polar surface area (TPSA) is 71.8 Å². The van der Waals surface area contributed by atoms with Crippen LogP contribution in [0.1, 0.15) is 0 Å². The number of hydrogen-bond acceptors (Lipinski definition) is 3. The lowest BCUT2D eigenvalue weighted by Gasteiger charge is -2.03. The van der Waals surface area contributed by atoms with Gasteiger partial charge < -0.3 is 10.7 Å². The first-order chi connectivity index (χ1) is 7.75. The molecular formula is C12H9N3O. The minimum atomic E-state index is -0.138. The lowest BCUT2D eigenvalue weighted by atomic mass is 10.1. The van der Waals surface area contributed by atoms with Crippen molar-refractivity contribution in [2.24, 2.45) is 0 Å². The number of aromatic amines is 1. The summed E-state index contributed by atoms with van der Waals surface area (Å²) in [4.78, 5) is 18.5. The van der Waals surface area contributed by atoms with Crippen molar-refractivity contribution in [3.63, 3.8) is 0 Å². The number of nitrogen functional groups attached to an aromatic ring is 1. The Morgan fingerprint density at radius 1 is 1.12 bits per heavy atom. The summed E-state index contributed by atoms with van der Waals surface area (Å²) in [6.45, 7) is 0. The average molecular weight is 211 g/mol. The van der Waals surface area contributed by atoms with E-state index in [9.17, 15) is 4.79 Å². The monoisotopic (exact) mass is 211 g/mol. The van der Waals surface area contributed by atoms with E-state index in [1.54, 1.807) is 18.5 Å². The summed E-state index contributed by atoms with van der Waals surface area (Å²) >= 11 is 0. The van der Waals surface area contributed by atoms with E-state index in [1.165, 1.54) is 0 Å². The molecular weight excluding hydrogens is 202 g/mol. The van der Waals surface area contributed by atoms with Crippen LogP contribution in [-0.4, -0.2) is 9.97 Å². The fourth-order valence-corrected chi connectivity index (χ4v) is 1.90. The van der Waals surface area contributed by atoms with Crippen molar-refractivity contribution in [3.05, 3.63) is 47.0 Å². The van der Waals surface area contributed by atoms with Crippen LogP contribution in [0.3, 0.4) is 0 Å². The van der Waals surface area contributed by atoms with Crippen molar-refractivity contribution >= 4 is 27.4 Å². The fraction of sp³-hybridized carbons (Fsp3) is 0. The third-order valence-electron chi connectivity index (χ3n) is 2.65. The van der Waals surface area contributed by atoms with Gasteiger partial charge in [-0.25, -0.2) is 0 Å². The van der Waals surface area contributed by atoms with Gasteiger partial charge >= 0.3 is 0 Å². The van der Waals surface area contributed by atoms with Gasteiger partial charge in [0.2, 0.25) is 0 Å². The SMILES string of the molecule is Nc1ccc2c(c1)[nH]c(=O)c1cnccc12. The molecule has 2 aromatic heterocycles. The van der Waals surface area contributed by atoms with Crippen LogP contribution in [-0.2, 0) is 0 Å². The molecule has 0 aliphatic carbocycles. The quantitative estimate of drug-likeness (QED) is 0.438. The summed E-state index contributed by atoms with van der Waals surface area (Å²) in [5.41, 5.74) is 6.93. The van der Waals surface area contributed by atoms with Gasteiger partial charge in [-0.05, 0) is 23.6 Å². The lowest BCUT2D eigenvalue weighted by Crippen LogP contribution is -2.06. The zero-order valence-electron chi connectivity index (χ0n) is 8.40.